The van der Waals surface area contributed by atoms with Crippen LogP contribution in [0.25, 0.3) is 11.0 Å². The second-order valence-electron chi connectivity index (χ2n) is 5.51. The molecule has 0 amide bonds. The number of anilines is 1. The molecule has 4 heteroatoms. The van der Waals surface area contributed by atoms with Gasteiger partial charge in [0.2, 0.25) is 5.95 Å². The number of aliphatic hydroxyl groups is 1. The van der Waals surface area contributed by atoms with Crippen LogP contribution >= 0.6 is 0 Å². The van der Waals surface area contributed by atoms with Crippen LogP contribution in [0.15, 0.2) is 24.3 Å². The molecular formula is C14H21N3O. The number of imidazole rings is 1. The molecule has 1 heterocycles. The number of fused-ring (bicyclic) bond motifs is 1. The highest BCUT2D eigenvalue weighted by molar-refractivity contribution is 5.78. The Bertz CT molecular complexity index is 539. The number of hydrogen-bond donors (Lipinski definition) is 1. The van der Waals surface area contributed by atoms with Gasteiger partial charge in [-0.1, -0.05) is 12.1 Å². The zero-order valence-electron chi connectivity index (χ0n) is 11.5. The molecule has 0 spiro atoms. The normalized spacial score (nSPS) is 12.1. The van der Waals surface area contributed by atoms with Crippen LogP contribution in [-0.2, 0) is 6.54 Å². The van der Waals surface area contributed by atoms with Crippen molar-refractivity contribution in [2.45, 2.75) is 32.9 Å². The van der Waals surface area contributed by atoms with Crippen molar-refractivity contribution >= 4 is 17.0 Å². The molecule has 0 saturated heterocycles. The van der Waals surface area contributed by atoms with Gasteiger partial charge in [-0.3, -0.25) is 0 Å². The Labute approximate surface area is 108 Å². The number of benzene rings is 1. The van der Waals surface area contributed by atoms with E-state index in [0.29, 0.717) is 6.54 Å². The number of hydrogen-bond acceptors (Lipinski definition) is 3. The first-order valence-corrected chi connectivity index (χ1v) is 6.25. The summed E-state index contributed by atoms with van der Waals surface area (Å²) in [6, 6.07) is 8.03. The van der Waals surface area contributed by atoms with Gasteiger partial charge in [-0.15, -0.1) is 0 Å². The average molecular weight is 247 g/mol. The molecule has 0 aliphatic carbocycles. The van der Waals surface area contributed by atoms with E-state index in [9.17, 15) is 5.11 Å². The van der Waals surface area contributed by atoms with Gasteiger partial charge in [-0.2, -0.15) is 0 Å². The minimum absolute atomic E-state index is 0.00538. The van der Waals surface area contributed by atoms with Gasteiger partial charge in [0, 0.05) is 19.1 Å². The van der Waals surface area contributed by atoms with Crippen LogP contribution in [0.3, 0.4) is 0 Å². The molecule has 1 N–H and O–H groups in total. The summed E-state index contributed by atoms with van der Waals surface area (Å²) in [5.41, 5.74) is 2.03. The molecule has 0 saturated carbocycles. The van der Waals surface area contributed by atoms with Gasteiger partial charge in [0.1, 0.15) is 0 Å². The van der Waals surface area contributed by atoms with E-state index in [1.807, 2.05) is 31.3 Å². The summed E-state index contributed by atoms with van der Waals surface area (Å²) in [7, 11) is 2.04. The van der Waals surface area contributed by atoms with E-state index >= 15 is 0 Å². The second kappa shape index (κ2) is 4.61. The van der Waals surface area contributed by atoms with Crippen molar-refractivity contribution in [3.8, 4) is 0 Å². The standard InChI is InChI=1S/C14H21N3O/c1-14(2,3)16(4)13-15-11-7-5-6-8-12(11)17(13)9-10-18/h5-8,18H,9-10H2,1-4H3. The first-order chi connectivity index (χ1) is 8.45. The van der Waals surface area contributed by atoms with Crippen molar-refractivity contribution in [1.82, 2.24) is 9.55 Å². The summed E-state index contributed by atoms with van der Waals surface area (Å²) < 4.78 is 2.07. The van der Waals surface area contributed by atoms with Crippen LogP contribution in [0.2, 0.25) is 0 Å². The maximum absolute atomic E-state index is 9.24. The molecule has 1 aromatic heterocycles. The molecule has 0 atom stereocenters. The van der Waals surface area contributed by atoms with Gasteiger partial charge in [0.25, 0.3) is 0 Å². The Kier molecular flexibility index (Phi) is 3.30. The fraction of sp³-hybridized carbons (Fsp3) is 0.500. The molecule has 0 radical (unpaired) electrons. The number of aromatic nitrogens is 2. The number of nitrogens with zero attached hydrogens (tertiary/aromatic N) is 3. The van der Waals surface area contributed by atoms with E-state index < -0.39 is 0 Å². The van der Waals surface area contributed by atoms with Crippen molar-refractivity contribution in [2.24, 2.45) is 0 Å². The Hall–Kier alpha value is -1.55. The highest BCUT2D eigenvalue weighted by Crippen LogP contribution is 2.26. The first-order valence-electron chi connectivity index (χ1n) is 6.25. The lowest BCUT2D eigenvalue weighted by atomic mass is 10.1. The molecule has 0 aliphatic heterocycles. The Morgan fingerprint density at radius 1 is 1.28 bits per heavy atom. The third kappa shape index (κ3) is 2.20. The lowest BCUT2D eigenvalue weighted by Gasteiger charge is -2.33. The molecule has 1 aromatic carbocycles. The number of rotatable bonds is 3. The van der Waals surface area contributed by atoms with Gasteiger partial charge in [-0.05, 0) is 32.9 Å². The van der Waals surface area contributed by atoms with Crippen molar-refractivity contribution in [3.63, 3.8) is 0 Å². The quantitative estimate of drug-likeness (QED) is 0.904. The SMILES string of the molecule is CN(c1nc2ccccc2n1CCO)C(C)(C)C. The van der Waals surface area contributed by atoms with Crippen LogP contribution in [0.5, 0.6) is 0 Å². The van der Waals surface area contributed by atoms with E-state index in [1.165, 1.54) is 0 Å². The molecule has 0 unspecified atom stereocenters. The summed E-state index contributed by atoms with van der Waals surface area (Å²) in [4.78, 5) is 6.82. The molecule has 2 rings (SSSR count). The third-order valence-corrected chi connectivity index (χ3v) is 3.26. The molecule has 2 aromatic rings. The van der Waals surface area contributed by atoms with E-state index in [-0.39, 0.29) is 12.1 Å². The molecule has 0 bridgehead atoms. The van der Waals surface area contributed by atoms with Gasteiger partial charge < -0.3 is 14.6 Å². The first kappa shape index (κ1) is 12.9. The lowest BCUT2D eigenvalue weighted by molar-refractivity contribution is 0.277. The predicted molar refractivity (Wildman–Crippen MR) is 75.0 cm³/mol. The Balaban J connectivity index is 2.59. The third-order valence-electron chi connectivity index (χ3n) is 3.26. The summed E-state index contributed by atoms with van der Waals surface area (Å²) in [5, 5.41) is 9.24. The van der Waals surface area contributed by atoms with Gasteiger partial charge in [0.05, 0.1) is 17.6 Å². The Morgan fingerprint density at radius 3 is 2.56 bits per heavy atom. The van der Waals surface area contributed by atoms with Crippen LogP contribution in [0.1, 0.15) is 20.8 Å². The minimum atomic E-state index is -0.00538. The zero-order valence-corrected chi connectivity index (χ0v) is 11.5. The fourth-order valence-electron chi connectivity index (χ4n) is 1.94. The van der Waals surface area contributed by atoms with Crippen LogP contribution in [0, 0.1) is 0 Å². The lowest BCUT2D eigenvalue weighted by Crippen LogP contribution is -2.39. The van der Waals surface area contributed by atoms with Gasteiger partial charge in [-0.25, -0.2) is 4.98 Å². The minimum Gasteiger partial charge on any atom is -0.395 e. The summed E-state index contributed by atoms with van der Waals surface area (Å²) in [5.74, 6) is 0.901. The van der Waals surface area contributed by atoms with Crippen molar-refractivity contribution in [1.29, 1.82) is 0 Å². The van der Waals surface area contributed by atoms with E-state index in [2.05, 4.69) is 35.2 Å². The predicted octanol–water partition coefficient (Wildman–Crippen LogP) is 2.26. The summed E-state index contributed by atoms with van der Waals surface area (Å²) in [6.07, 6.45) is 0. The largest absolute Gasteiger partial charge is 0.395 e. The average Bonchev–Trinajstić information content (AvgIpc) is 2.67. The van der Waals surface area contributed by atoms with Crippen LogP contribution < -0.4 is 4.90 Å². The molecule has 18 heavy (non-hydrogen) atoms. The van der Waals surface area contributed by atoms with E-state index in [4.69, 9.17) is 0 Å². The topological polar surface area (TPSA) is 41.3 Å². The number of para-hydroxylation sites is 2. The van der Waals surface area contributed by atoms with Gasteiger partial charge in [0.15, 0.2) is 0 Å². The molecule has 98 valence electrons. The van der Waals surface area contributed by atoms with Crippen LogP contribution in [0.4, 0.5) is 5.95 Å². The fourth-order valence-corrected chi connectivity index (χ4v) is 1.94. The smallest absolute Gasteiger partial charge is 0.206 e. The molecule has 0 fully saturated rings. The molecule has 4 nitrogen and oxygen atoms in total. The van der Waals surface area contributed by atoms with Crippen molar-refractivity contribution in [2.75, 3.05) is 18.6 Å². The summed E-state index contributed by atoms with van der Waals surface area (Å²) >= 11 is 0. The maximum Gasteiger partial charge on any atom is 0.206 e. The highest BCUT2D eigenvalue weighted by Gasteiger charge is 2.23. The second-order valence-corrected chi connectivity index (χ2v) is 5.51. The number of aliphatic hydroxyl groups excluding tert-OH is 1. The van der Waals surface area contributed by atoms with Crippen molar-refractivity contribution < 1.29 is 5.11 Å². The summed E-state index contributed by atoms with van der Waals surface area (Å²) in [6.45, 7) is 7.13. The van der Waals surface area contributed by atoms with E-state index in [0.717, 1.165) is 17.0 Å². The zero-order chi connectivity index (χ0) is 13.3. The van der Waals surface area contributed by atoms with E-state index in [1.54, 1.807) is 0 Å². The Morgan fingerprint density at radius 2 is 1.94 bits per heavy atom. The van der Waals surface area contributed by atoms with Gasteiger partial charge >= 0.3 is 0 Å². The molecule has 0 aliphatic rings. The van der Waals surface area contributed by atoms with Crippen LogP contribution in [-0.4, -0.2) is 33.9 Å². The van der Waals surface area contributed by atoms with Crippen molar-refractivity contribution in [3.05, 3.63) is 24.3 Å². The highest BCUT2D eigenvalue weighted by atomic mass is 16.3. The maximum atomic E-state index is 9.24. The monoisotopic (exact) mass is 247 g/mol. The molecular weight excluding hydrogens is 226 g/mol.